The number of hydrogen-bond acceptors (Lipinski definition) is 12. The van der Waals surface area contributed by atoms with Crippen LogP contribution in [0.1, 0.15) is 0 Å². The molecular formula is C12H6O12Sb2. The Morgan fingerprint density at radius 1 is 0.346 bits per heavy atom. The molecule has 0 fully saturated rings. The molecular weight excluding hydrogens is 580 g/mol. The van der Waals surface area contributed by atoms with Crippen LogP contribution in [0.2, 0.25) is 0 Å². The van der Waals surface area contributed by atoms with Crippen molar-refractivity contribution in [3.8, 4) is 0 Å². The summed E-state index contributed by atoms with van der Waals surface area (Å²) in [7, 11) is 0. The van der Waals surface area contributed by atoms with E-state index in [0.29, 0.717) is 36.5 Å². The van der Waals surface area contributed by atoms with Gasteiger partial charge in [-0.25, -0.2) is 0 Å². The van der Waals surface area contributed by atoms with E-state index in [1.54, 1.807) is 0 Å². The standard InChI is InChI=1S/3C4H4O4.2Sb/c3*5-3(6)1-2-4(7)8;;/h3*1-2H,(H,5,6)(H,7,8);;/q;;;2*+3/p-6/b3*2-1-;;. The number of hydrogen-bond donors (Lipinski definition) is 0. The number of carboxylic acids is 6. The van der Waals surface area contributed by atoms with Gasteiger partial charge < -0.3 is 59.4 Å². The first-order chi connectivity index (χ1) is 10.9. The van der Waals surface area contributed by atoms with Crippen molar-refractivity contribution in [1.29, 1.82) is 0 Å². The molecule has 0 aliphatic heterocycles. The summed E-state index contributed by atoms with van der Waals surface area (Å²) in [6.07, 6.45) is 2.31. The Morgan fingerprint density at radius 2 is 0.423 bits per heavy atom. The van der Waals surface area contributed by atoms with Crippen molar-refractivity contribution < 1.29 is 59.4 Å². The monoisotopic (exact) mass is 584 g/mol. The normalized spacial score (nSPS) is 8.77. The number of carbonyl (C=O) groups is 6. The van der Waals surface area contributed by atoms with Crippen LogP contribution in [0, 0.1) is 0 Å². The molecule has 0 saturated heterocycles. The van der Waals surface area contributed by atoms with Gasteiger partial charge in [0.05, 0.1) is 35.8 Å². The Hall–Kier alpha value is -2.32. The zero-order valence-corrected chi connectivity index (χ0v) is 17.4. The smallest absolute Gasteiger partial charge is 0.545 e. The van der Waals surface area contributed by atoms with Crippen LogP contribution >= 0.6 is 0 Å². The van der Waals surface area contributed by atoms with E-state index in [-0.39, 0.29) is 48.9 Å². The molecule has 0 heterocycles. The summed E-state index contributed by atoms with van der Waals surface area (Å²) in [4.78, 5) is 56.5. The minimum atomic E-state index is -1.55. The molecule has 136 valence electrons. The molecule has 0 aliphatic carbocycles. The predicted molar refractivity (Wildman–Crippen MR) is 69.0 cm³/mol. The van der Waals surface area contributed by atoms with E-state index in [1.165, 1.54) is 0 Å². The molecule has 0 bridgehead atoms. The van der Waals surface area contributed by atoms with Crippen molar-refractivity contribution in [2.75, 3.05) is 0 Å². The largest absolute Gasteiger partial charge is 3.00 e. The van der Waals surface area contributed by atoms with Gasteiger partial charge in [-0.1, -0.05) is 0 Å². The Bertz CT molecular complexity index is 448. The third-order valence-corrected chi connectivity index (χ3v) is 1.07. The van der Waals surface area contributed by atoms with Gasteiger partial charge in [-0.05, 0) is 36.5 Å². The van der Waals surface area contributed by atoms with Gasteiger partial charge in [0.15, 0.2) is 0 Å². The number of rotatable bonds is 6. The van der Waals surface area contributed by atoms with Crippen LogP contribution in [-0.4, -0.2) is 84.7 Å². The van der Waals surface area contributed by atoms with Gasteiger partial charge in [-0.2, -0.15) is 0 Å². The van der Waals surface area contributed by atoms with E-state index in [2.05, 4.69) is 0 Å². The fourth-order valence-corrected chi connectivity index (χ4v) is 0.408. The summed E-state index contributed by atoms with van der Waals surface area (Å²) in [5.74, 6) is -9.28. The summed E-state index contributed by atoms with van der Waals surface area (Å²) in [6, 6.07) is 0. The van der Waals surface area contributed by atoms with Gasteiger partial charge >= 0.3 is 48.9 Å². The van der Waals surface area contributed by atoms with Crippen LogP contribution in [0.3, 0.4) is 0 Å². The average molecular weight is 586 g/mol. The fraction of sp³-hybridized carbons (Fsp3) is 0. The topological polar surface area (TPSA) is 241 Å². The minimum Gasteiger partial charge on any atom is -0.545 e. The zero-order valence-electron chi connectivity index (χ0n) is 12.3. The molecule has 0 unspecified atom stereocenters. The molecule has 0 aromatic carbocycles. The summed E-state index contributed by atoms with van der Waals surface area (Å²) in [5.41, 5.74) is 0. The summed E-state index contributed by atoms with van der Waals surface area (Å²) >= 11 is 0. The second kappa shape index (κ2) is 22.7. The van der Waals surface area contributed by atoms with Gasteiger partial charge in [-0.15, -0.1) is 0 Å². The maximum absolute atomic E-state index is 9.41. The van der Waals surface area contributed by atoms with E-state index >= 15 is 0 Å². The van der Waals surface area contributed by atoms with Gasteiger partial charge in [0.1, 0.15) is 0 Å². The van der Waals surface area contributed by atoms with Crippen LogP contribution in [-0.2, 0) is 28.8 Å². The van der Waals surface area contributed by atoms with E-state index in [0.717, 1.165) is 0 Å². The van der Waals surface area contributed by atoms with Crippen LogP contribution < -0.4 is 30.6 Å². The van der Waals surface area contributed by atoms with Crippen molar-refractivity contribution in [1.82, 2.24) is 0 Å². The first-order valence-electron chi connectivity index (χ1n) is 5.18. The van der Waals surface area contributed by atoms with Crippen LogP contribution in [0.5, 0.6) is 0 Å². The SMILES string of the molecule is O=C([O-])/C=C\C(=O)[O-].O=C([O-])/C=C\C(=O)[O-].O=C([O-])/C=C\C(=O)[O-].[Sb+3].[Sb+3]. The quantitative estimate of drug-likeness (QED) is 0.208. The molecule has 0 aromatic rings. The second-order valence-corrected chi connectivity index (χ2v) is 2.91. The molecule has 0 aromatic heterocycles. The number of carbonyl (C=O) groups excluding carboxylic acids is 6. The first-order valence-corrected chi connectivity index (χ1v) is 5.18. The van der Waals surface area contributed by atoms with Crippen molar-refractivity contribution in [3.63, 3.8) is 0 Å². The van der Waals surface area contributed by atoms with Crippen molar-refractivity contribution in [2.45, 2.75) is 0 Å². The van der Waals surface area contributed by atoms with Gasteiger partial charge in [0.2, 0.25) is 0 Å². The molecule has 0 saturated carbocycles. The predicted octanol–water partition coefficient (Wildman–Crippen LogP) is -9.63. The first kappa shape index (κ1) is 34.9. The third kappa shape index (κ3) is 57.7. The maximum Gasteiger partial charge on any atom is 3.00 e. The number of carboxylic acid groups (broad SMARTS) is 6. The van der Waals surface area contributed by atoms with Crippen molar-refractivity contribution in [3.05, 3.63) is 36.5 Å². The Balaban J connectivity index is -0.0000000817. The molecule has 14 heteroatoms. The van der Waals surface area contributed by atoms with Crippen LogP contribution in [0.15, 0.2) is 36.5 Å². The van der Waals surface area contributed by atoms with Crippen molar-refractivity contribution in [2.24, 2.45) is 0 Å². The summed E-state index contributed by atoms with van der Waals surface area (Å²) < 4.78 is 0. The number of aliphatic carboxylic acids is 6. The van der Waals surface area contributed by atoms with Gasteiger partial charge in [0.25, 0.3) is 0 Å². The molecule has 12 nitrogen and oxygen atoms in total. The van der Waals surface area contributed by atoms with Crippen LogP contribution in [0.25, 0.3) is 0 Å². The van der Waals surface area contributed by atoms with Crippen LogP contribution in [0.4, 0.5) is 0 Å². The van der Waals surface area contributed by atoms with E-state index in [4.69, 9.17) is 0 Å². The third-order valence-electron chi connectivity index (χ3n) is 1.07. The summed E-state index contributed by atoms with van der Waals surface area (Å²) in [5, 5.41) is 56.5. The van der Waals surface area contributed by atoms with E-state index < -0.39 is 35.8 Å². The molecule has 0 N–H and O–H groups in total. The Labute approximate surface area is 180 Å². The molecule has 0 rings (SSSR count). The average Bonchev–Trinajstić information content (AvgIpc) is 2.42. The fourth-order valence-electron chi connectivity index (χ4n) is 0.408. The van der Waals surface area contributed by atoms with Gasteiger partial charge in [0, 0.05) is 0 Å². The molecule has 0 spiro atoms. The zero-order chi connectivity index (χ0) is 19.7. The minimum absolute atomic E-state index is 0. The molecule has 0 aliphatic rings. The van der Waals surface area contributed by atoms with Gasteiger partial charge in [-0.3, -0.25) is 0 Å². The molecule has 0 amide bonds. The van der Waals surface area contributed by atoms with E-state index in [1.807, 2.05) is 0 Å². The maximum atomic E-state index is 9.41. The Kier molecular flexibility index (Phi) is 30.4. The van der Waals surface area contributed by atoms with E-state index in [9.17, 15) is 59.4 Å². The molecule has 0 atom stereocenters. The molecule has 26 heavy (non-hydrogen) atoms. The second-order valence-electron chi connectivity index (χ2n) is 2.91. The molecule has 4 radical (unpaired) electrons. The van der Waals surface area contributed by atoms with Crippen molar-refractivity contribution >= 4 is 84.7 Å². The summed E-state index contributed by atoms with van der Waals surface area (Å²) in [6.45, 7) is 0. The Morgan fingerprint density at radius 3 is 0.462 bits per heavy atom.